The third-order valence-electron chi connectivity index (χ3n) is 2.03. The van der Waals surface area contributed by atoms with E-state index in [1.54, 1.807) is 0 Å². The molecule has 2 aromatic rings. The number of hydrogen-bond donors (Lipinski definition) is 1. The van der Waals surface area contributed by atoms with Crippen molar-refractivity contribution in [2.75, 3.05) is 14.2 Å². The van der Waals surface area contributed by atoms with E-state index in [2.05, 4.69) is 19.9 Å². The SMILES string of the molecule is COc1cnc(C=O)cn1.COc1cnc(CO)cn1. The van der Waals surface area contributed by atoms with Crippen LogP contribution in [-0.4, -0.2) is 45.5 Å². The summed E-state index contributed by atoms with van der Waals surface area (Å²) in [5, 5.41) is 8.56. The van der Waals surface area contributed by atoms with Crippen LogP contribution in [0.2, 0.25) is 0 Å². The van der Waals surface area contributed by atoms with Crippen molar-refractivity contribution >= 4 is 6.29 Å². The van der Waals surface area contributed by atoms with E-state index in [-0.39, 0.29) is 6.61 Å². The lowest BCUT2D eigenvalue weighted by atomic mass is 10.5. The number of ether oxygens (including phenoxy) is 2. The van der Waals surface area contributed by atoms with E-state index in [9.17, 15) is 4.79 Å². The number of aliphatic hydroxyl groups is 1. The zero-order valence-corrected chi connectivity index (χ0v) is 11.1. The molecule has 0 aliphatic carbocycles. The van der Waals surface area contributed by atoms with Crippen LogP contribution in [0.3, 0.4) is 0 Å². The van der Waals surface area contributed by atoms with Crippen molar-refractivity contribution in [3.8, 4) is 11.8 Å². The van der Waals surface area contributed by atoms with Gasteiger partial charge in [-0.15, -0.1) is 0 Å². The van der Waals surface area contributed by atoms with Gasteiger partial charge >= 0.3 is 0 Å². The van der Waals surface area contributed by atoms with Gasteiger partial charge in [0.15, 0.2) is 6.29 Å². The monoisotopic (exact) mass is 278 g/mol. The van der Waals surface area contributed by atoms with Crippen LogP contribution >= 0.6 is 0 Å². The fraction of sp³-hybridized carbons (Fsp3) is 0.250. The molecular formula is C12H14N4O4. The quantitative estimate of drug-likeness (QED) is 0.794. The molecule has 20 heavy (non-hydrogen) atoms. The van der Waals surface area contributed by atoms with Gasteiger partial charge in [0.05, 0.1) is 51.3 Å². The van der Waals surface area contributed by atoms with E-state index in [4.69, 9.17) is 14.6 Å². The second-order valence-electron chi connectivity index (χ2n) is 3.31. The molecule has 0 saturated heterocycles. The van der Waals surface area contributed by atoms with Crippen LogP contribution in [0.15, 0.2) is 24.8 Å². The lowest BCUT2D eigenvalue weighted by Crippen LogP contribution is -1.93. The highest BCUT2D eigenvalue weighted by atomic mass is 16.5. The highest BCUT2D eigenvalue weighted by Gasteiger charge is 1.93. The smallest absolute Gasteiger partial charge is 0.232 e. The Morgan fingerprint density at radius 2 is 1.60 bits per heavy atom. The van der Waals surface area contributed by atoms with Crippen molar-refractivity contribution < 1.29 is 19.4 Å². The Morgan fingerprint density at radius 3 is 1.95 bits per heavy atom. The summed E-state index contributed by atoms with van der Waals surface area (Å²) in [5.74, 6) is 0.864. The van der Waals surface area contributed by atoms with Crippen LogP contribution in [0.25, 0.3) is 0 Å². The molecule has 0 bridgehead atoms. The summed E-state index contributed by atoms with van der Waals surface area (Å²) >= 11 is 0. The Labute approximate surface area is 115 Å². The van der Waals surface area contributed by atoms with Gasteiger partial charge in [-0.25, -0.2) is 15.0 Å². The van der Waals surface area contributed by atoms with Crippen molar-refractivity contribution in [3.05, 3.63) is 36.2 Å². The van der Waals surface area contributed by atoms with Gasteiger partial charge in [-0.1, -0.05) is 0 Å². The minimum absolute atomic E-state index is 0.0863. The van der Waals surface area contributed by atoms with Crippen LogP contribution < -0.4 is 9.47 Å². The molecule has 0 fully saturated rings. The highest BCUT2D eigenvalue weighted by molar-refractivity contribution is 5.70. The second kappa shape index (κ2) is 8.48. The molecule has 0 atom stereocenters. The van der Waals surface area contributed by atoms with E-state index in [1.165, 1.54) is 39.0 Å². The molecule has 0 aromatic carbocycles. The minimum atomic E-state index is -0.0863. The molecule has 2 aromatic heterocycles. The van der Waals surface area contributed by atoms with Crippen LogP contribution in [0.5, 0.6) is 11.8 Å². The maximum atomic E-state index is 10.1. The van der Waals surface area contributed by atoms with E-state index in [1.807, 2.05) is 0 Å². The summed E-state index contributed by atoms with van der Waals surface area (Å²) in [7, 11) is 3.01. The lowest BCUT2D eigenvalue weighted by Gasteiger charge is -1.96. The van der Waals surface area contributed by atoms with E-state index in [0.717, 1.165) is 0 Å². The summed E-state index contributed by atoms with van der Waals surface area (Å²) in [6.07, 6.45) is 6.31. The van der Waals surface area contributed by atoms with Crippen molar-refractivity contribution in [1.29, 1.82) is 0 Å². The molecule has 8 nitrogen and oxygen atoms in total. The molecule has 1 N–H and O–H groups in total. The topological polar surface area (TPSA) is 107 Å². The average Bonchev–Trinajstić information content (AvgIpc) is 2.55. The predicted molar refractivity (Wildman–Crippen MR) is 68.5 cm³/mol. The number of aldehydes is 1. The number of hydrogen-bond acceptors (Lipinski definition) is 8. The zero-order chi connectivity index (χ0) is 14.8. The molecular weight excluding hydrogens is 264 g/mol. The molecule has 0 spiro atoms. The van der Waals surface area contributed by atoms with Crippen molar-refractivity contribution in [2.45, 2.75) is 6.61 Å². The van der Waals surface area contributed by atoms with Gasteiger partial charge in [0.1, 0.15) is 5.69 Å². The van der Waals surface area contributed by atoms with Gasteiger partial charge in [-0.2, -0.15) is 0 Å². The molecule has 8 heteroatoms. The normalized spacial score (nSPS) is 9.15. The second-order valence-corrected chi connectivity index (χ2v) is 3.31. The van der Waals surface area contributed by atoms with Crippen molar-refractivity contribution in [3.63, 3.8) is 0 Å². The third-order valence-corrected chi connectivity index (χ3v) is 2.03. The average molecular weight is 278 g/mol. The molecule has 0 saturated carbocycles. The van der Waals surface area contributed by atoms with Gasteiger partial charge in [-0.05, 0) is 0 Å². The minimum Gasteiger partial charge on any atom is -0.480 e. The summed E-state index contributed by atoms with van der Waals surface area (Å²) < 4.78 is 9.48. The van der Waals surface area contributed by atoms with Crippen molar-refractivity contribution in [2.24, 2.45) is 0 Å². The summed E-state index contributed by atoms with van der Waals surface area (Å²) in [6, 6.07) is 0. The zero-order valence-electron chi connectivity index (χ0n) is 11.1. The van der Waals surface area contributed by atoms with Crippen LogP contribution in [0.1, 0.15) is 16.2 Å². The summed E-state index contributed by atoms with van der Waals surface area (Å²) in [5.41, 5.74) is 0.849. The molecule has 2 heterocycles. The number of aliphatic hydroxyl groups excluding tert-OH is 1. The van der Waals surface area contributed by atoms with Gasteiger partial charge in [0.25, 0.3) is 0 Å². The van der Waals surface area contributed by atoms with E-state index >= 15 is 0 Å². The Hall–Kier alpha value is -2.61. The fourth-order valence-corrected chi connectivity index (χ4v) is 1.02. The van der Waals surface area contributed by atoms with E-state index < -0.39 is 0 Å². The molecule has 0 aliphatic heterocycles. The maximum Gasteiger partial charge on any atom is 0.232 e. The van der Waals surface area contributed by atoms with Gasteiger partial charge < -0.3 is 14.6 Å². The number of rotatable bonds is 4. The highest BCUT2D eigenvalue weighted by Crippen LogP contribution is 2.01. The Balaban J connectivity index is 0.000000200. The predicted octanol–water partition coefficient (Wildman–Crippen LogP) is 0.275. The molecule has 0 radical (unpaired) electrons. The van der Waals surface area contributed by atoms with Crippen molar-refractivity contribution in [1.82, 2.24) is 19.9 Å². The van der Waals surface area contributed by atoms with Crippen LogP contribution in [0.4, 0.5) is 0 Å². The number of carbonyl (C=O) groups excluding carboxylic acids is 1. The first-order valence-corrected chi connectivity index (χ1v) is 5.50. The Morgan fingerprint density at radius 1 is 1.00 bits per heavy atom. The van der Waals surface area contributed by atoms with Crippen LogP contribution in [0, 0.1) is 0 Å². The molecule has 0 unspecified atom stereocenters. The number of nitrogens with zero attached hydrogens (tertiary/aromatic N) is 4. The van der Waals surface area contributed by atoms with Gasteiger partial charge in [0.2, 0.25) is 11.8 Å². The van der Waals surface area contributed by atoms with E-state index in [0.29, 0.717) is 29.4 Å². The number of aromatic nitrogens is 4. The Bertz CT molecular complexity index is 493. The first-order chi connectivity index (χ1) is 9.73. The van der Waals surface area contributed by atoms with Gasteiger partial charge in [0, 0.05) is 0 Å². The van der Waals surface area contributed by atoms with Crippen LogP contribution in [-0.2, 0) is 6.61 Å². The summed E-state index contributed by atoms with van der Waals surface area (Å²) in [6.45, 7) is -0.0863. The Kier molecular flexibility index (Phi) is 6.55. The van der Waals surface area contributed by atoms with Gasteiger partial charge in [-0.3, -0.25) is 9.78 Å². The molecule has 2 rings (SSSR count). The fourth-order valence-electron chi connectivity index (χ4n) is 1.02. The first-order valence-electron chi connectivity index (χ1n) is 5.50. The number of carbonyl (C=O) groups is 1. The molecule has 0 aliphatic rings. The standard InChI is InChI=1S/C6H8N2O2.C6H6N2O2/c2*1-10-6-3-7-5(4-9)2-8-6/h2-3,9H,4H2,1H3;2-4H,1H3. The summed E-state index contributed by atoms with van der Waals surface area (Å²) in [4.78, 5) is 25.2. The third kappa shape index (κ3) is 4.94. The maximum absolute atomic E-state index is 10.1. The number of methoxy groups -OCH3 is 2. The first kappa shape index (κ1) is 15.4. The lowest BCUT2D eigenvalue weighted by molar-refractivity contribution is 0.111. The molecule has 106 valence electrons. The molecule has 0 amide bonds. The largest absolute Gasteiger partial charge is 0.480 e.